The van der Waals surface area contributed by atoms with Gasteiger partial charge in [0, 0.05) is 29.6 Å². The van der Waals surface area contributed by atoms with Crippen molar-refractivity contribution in [3.63, 3.8) is 0 Å². The average Bonchev–Trinajstić information content (AvgIpc) is 2.65. The van der Waals surface area contributed by atoms with Gasteiger partial charge in [-0.3, -0.25) is 4.79 Å². The van der Waals surface area contributed by atoms with E-state index in [-0.39, 0.29) is 5.91 Å². The second-order valence-electron chi connectivity index (χ2n) is 5.74. The van der Waals surface area contributed by atoms with Gasteiger partial charge in [0.15, 0.2) is 6.10 Å². The third kappa shape index (κ3) is 4.03. The first-order chi connectivity index (χ1) is 12.6. The zero-order valence-corrected chi connectivity index (χ0v) is 14.5. The highest BCUT2D eigenvalue weighted by Crippen LogP contribution is 2.21. The number of hydrogen-bond acceptors (Lipinski definition) is 5. The Morgan fingerprint density at radius 2 is 1.92 bits per heavy atom. The minimum atomic E-state index is -0.711. The van der Waals surface area contributed by atoms with Crippen LogP contribution in [-0.2, 0) is 11.3 Å². The zero-order valence-electron chi connectivity index (χ0n) is 14.5. The van der Waals surface area contributed by atoms with E-state index in [0.29, 0.717) is 23.6 Å². The molecule has 6 nitrogen and oxygen atoms in total. The molecule has 3 aromatic rings. The van der Waals surface area contributed by atoms with Gasteiger partial charge < -0.3 is 19.2 Å². The van der Waals surface area contributed by atoms with Crippen LogP contribution in [0.15, 0.2) is 63.8 Å². The standard InChI is InChI=1S/C20H19NO5/c1-13(20(23)21-12-15-5-3-4-6-17(15)24-2)25-16-9-7-14-8-10-19(22)26-18(14)11-16/h3-11,13H,12H2,1-2H3,(H,21,23). The van der Waals surface area contributed by atoms with Crippen molar-refractivity contribution in [2.75, 3.05) is 7.11 Å². The molecule has 134 valence electrons. The van der Waals surface area contributed by atoms with Crippen molar-refractivity contribution in [2.24, 2.45) is 0 Å². The number of ether oxygens (including phenoxy) is 2. The topological polar surface area (TPSA) is 77.8 Å². The first kappa shape index (κ1) is 17.5. The van der Waals surface area contributed by atoms with Gasteiger partial charge in [-0.1, -0.05) is 18.2 Å². The maximum atomic E-state index is 12.3. The molecule has 0 saturated heterocycles. The van der Waals surface area contributed by atoms with E-state index in [1.165, 1.54) is 6.07 Å². The smallest absolute Gasteiger partial charge is 0.336 e. The summed E-state index contributed by atoms with van der Waals surface area (Å²) in [5.74, 6) is 0.906. The van der Waals surface area contributed by atoms with Crippen molar-refractivity contribution in [3.8, 4) is 11.5 Å². The Morgan fingerprint density at radius 1 is 1.15 bits per heavy atom. The molecule has 1 aromatic heterocycles. The Bertz CT molecular complexity index is 979. The van der Waals surface area contributed by atoms with Crippen LogP contribution in [0.1, 0.15) is 12.5 Å². The fourth-order valence-corrected chi connectivity index (χ4v) is 2.55. The number of methoxy groups -OCH3 is 1. The average molecular weight is 353 g/mol. The summed E-state index contributed by atoms with van der Waals surface area (Å²) >= 11 is 0. The summed E-state index contributed by atoms with van der Waals surface area (Å²) in [6.07, 6.45) is -0.711. The van der Waals surface area contributed by atoms with Gasteiger partial charge in [-0.05, 0) is 31.2 Å². The van der Waals surface area contributed by atoms with Gasteiger partial charge in [0.25, 0.3) is 5.91 Å². The van der Waals surface area contributed by atoms with Gasteiger partial charge in [0.2, 0.25) is 0 Å². The van der Waals surface area contributed by atoms with Crippen molar-refractivity contribution in [2.45, 2.75) is 19.6 Å². The fraction of sp³-hybridized carbons (Fsp3) is 0.200. The molecule has 0 aliphatic heterocycles. The quantitative estimate of drug-likeness (QED) is 0.690. The molecule has 0 bridgehead atoms. The molecule has 3 rings (SSSR count). The van der Waals surface area contributed by atoms with E-state index >= 15 is 0 Å². The first-order valence-corrected chi connectivity index (χ1v) is 8.17. The van der Waals surface area contributed by atoms with Crippen molar-refractivity contribution < 1.29 is 18.7 Å². The van der Waals surface area contributed by atoms with Crippen molar-refractivity contribution in [1.29, 1.82) is 0 Å². The maximum absolute atomic E-state index is 12.3. The highest BCUT2D eigenvalue weighted by atomic mass is 16.5. The van der Waals surface area contributed by atoms with Crippen LogP contribution in [0.5, 0.6) is 11.5 Å². The van der Waals surface area contributed by atoms with Crippen LogP contribution in [0.3, 0.4) is 0 Å². The van der Waals surface area contributed by atoms with E-state index in [2.05, 4.69) is 5.32 Å². The number of benzene rings is 2. The van der Waals surface area contributed by atoms with Crippen LogP contribution in [0.25, 0.3) is 11.0 Å². The monoisotopic (exact) mass is 353 g/mol. The van der Waals surface area contributed by atoms with Crippen molar-refractivity contribution in [3.05, 3.63) is 70.6 Å². The Morgan fingerprint density at radius 3 is 2.73 bits per heavy atom. The lowest BCUT2D eigenvalue weighted by Gasteiger charge is -2.15. The number of hydrogen-bond donors (Lipinski definition) is 1. The van der Waals surface area contributed by atoms with Gasteiger partial charge >= 0.3 is 5.63 Å². The minimum absolute atomic E-state index is 0.259. The van der Waals surface area contributed by atoms with E-state index in [1.54, 1.807) is 38.3 Å². The number of nitrogens with one attached hydrogen (secondary N) is 1. The Labute approximate surface area is 150 Å². The fourth-order valence-electron chi connectivity index (χ4n) is 2.55. The number of carbonyl (C=O) groups excluding carboxylic acids is 1. The number of rotatable bonds is 6. The number of fused-ring (bicyclic) bond motifs is 1. The molecule has 1 heterocycles. The summed E-state index contributed by atoms with van der Waals surface area (Å²) in [5.41, 5.74) is 0.858. The van der Waals surface area contributed by atoms with Crippen LogP contribution in [0.4, 0.5) is 0 Å². The molecular weight excluding hydrogens is 334 g/mol. The molecule has 1 unspecified atom stereocenters. The molecule has 1 N–H and O–H groups in total. The van der Waals surface area contributed by atoms with Crippen LogP contribution in [-0.4, -0.2) is 19.1 Å². The van der Waals surface area contributed by atoms with Crippen LogP contribution in [0.2, 0.25) is 0 Å². The molecule has 0 aliphatic rings. The normalized spacial score (nSPS) is 11.8. The third-order valence-electron chi connectivity index (χ3n) is 3.92. The molecule has 0 aliphatic carbocycles. The SMILES string of the molecule is COc1ccccc1CNC(=O)C(C)Oc1ccc2ccc(=O)oc2c1. The molecule has 6 heteroatoms. The van der Waals surface area contributed by atoms with Gasteiger partial charge in [-0.25, -0.2) is 4.79 Å². The van der Waals surface area contributed by atoms with E-state index in [0.717, 1.165) is 10.9 Å². The van der Waals surface area contributed by atoms with E-state index in [1.807, 2.05) is 24.3 Å². The Hall–Kier alpha value is -3.28. The second-order valence-corrected chi connectivity index (χ2v) is 5.74. The molecule has 1 atom stereocenters. The van der Waals surface area contributed by atoms with Crippen molar-refractivity contribution >= 4 is 16.9 Å². The van der Waals surface area contributed by atoms with Gasteiger partial charge in [-0.15, -0.1) is 0 Å². The third-order valence-corrected chi connectivity index (χ3v) is 3.92. The highest BCUT2D eigenvalue weighted by molar-refractivity contribution is 5.81. The molecule has 26 heavy (non-hydrogen) atoms. The molecular formula is C20H19NO5. The summed E-state index contributed by atoms with van der Waals surface area (Å²) in [7, 11) is 1.59. The Balaban J connectivity index is 1.64. The summed E-state index contributed by atoms with van der Waals surface area (Å²) < 4.78 is 16.1. The van der Waals surface area contributed by atoms with Gasteiger partial charge in [-0.2, -0.15) is 0 Å². The van der Waals surface area contributed by atoms with Gasteiger partial charge in [0.05, 0.1) is 7.11 Å². The van der Waals surface area contributed by atoms with E-state index in [4.69, 9.17) is 13.9 Å². The number of para-hydroxylation sites is 1. The minimum Gasteiger partial charge on any atom is -0.496 e. The summed E-state index contributed by atoms with van der Waals surface area (Å²) in [6.45, 7) is 1.99. The predicted octanol–water partition coefficient (Wildman–Crippen LogP) is 2.89. The van der Waals surface area contributed by atoms with E-state index in [9.17, 15) is 9.59 Å². The highest BCUT2D eigenvalue weighted by Gasteiger charge is 2.15. The molecule has 0 saturated carbocycles. The predicted molar refractivity (Wildman–Crippen MR) is 97.4 cm³/mol. The largest absolute Gasteiger partial charge is 0.496 e. The summed E-state index contributed by atoms with van der Waals surface area (Å²) in [5, 5.41) is 3.61. The lowest BCUT2D eigenvalue weighted by molar-refractivity contribution is -0.127. The molecule has 2 aromatic carbocycles. The zero-order chi connectivity index (χ0) is 18.5. The van der Waals surface area contributed by atoms with Gasteiger partial charge in [0.1, 0.15) is 17.1 Å². The number of amides is 1. The Kier molecular flexibility index (Phi) is 5.22. The summed E-state index contributed by atoms with van der Waals surface area (Å²) in [6, 6.07) is 15.6. The number of carbonyl (C=O) groups is 1. The lowest BCUT2D eigenvalue weighted by Crippen LogP contribution is -2.35. The molecule has 0 fully saturated rings. The second kappa shape index (κ2) is 7.74. The van der Waals surface area contributed by atoms with Crippen LogP contribution in [0, 0.1) is 0 Å². The lowest BCUT2D eigenvalue weighted by atomic mass is 10.2. The molecule has 0 radical (unpaired) electrons. The van der Waals surface area contributed by atoms with Crippen LogP contribution >= 0.6 is 0 Å². The van der Waals surface area contributed by atoms with Crippen LogP contribution < -0.4 is 20.4 Å². The first-order valence-electron chi connectivity index (χ1n) is 8.17. The van der Waals surface area contributed by atoms with E-state index < -0.39 is 11.7 Å². The maximum Gasteiger partial charge on any atom is 0.336 e. The molecule has 1 amide bonds. The summed E-state index contributed by atoms with van der Waals surface area (Å²) in [4.78, 5) is 23.6. The van der Waals surface area contributed by atoms with Crippen molar-refractivity contribution in [1.82, 2.24) is 5.32 Å². The molecule has 0 spiro atoms.